The first-order chi connectivity index (χ1) is 14.4. The van der Waals surface area contributed by atoms with Crippen LogP contribution in [-0.4, -0.2) is 39.5 Å². The summed E-state index contributed by atoms with van der Waals surface area (Å²) in [4.78, 5) is 39.2. The summed E-state index contributed by atoms with van der Waals surface area (Å²) in [5, 5.41) is 1.47. The van der Waals surface area contributed by atoms with Crippen LogP contribution >= 0.6 is 22.9 Å². The first-order valence-corrected chi connectivity index (χ1v) is 10.0. The molecule has 4 rings (SSSR count). The molecule has 9 heteroatoms. The maximum Gasteiger partial charge on any atom is 0.355 e. The summed E-state index contributed by atoms with van der Waals surface area (Å²) >= 11 is 7.53. The summed E-state index contributed by atoms with van der Waals surface area (Å²) in [6.07, 6.45) is 0. The standard InChI is InChI=1S/C21H16ClNO6S/c1-27-20(25)15-9-29-10-23(18(15)21(26)28-2)12-4-6-17-14(8-12)19(24)13-7-11(22)3-5-16(13)30-17/h3-8H,9-10H2,1-2H3. The minimum Gasteiger partial charge on any atom is -0.466 e. The zero-order valence-corrected chi connectivity index (χ0v) is 17.6. The van der Waals surface area contributed by atoms with Gasteiger partial charge in [-0.15, -0.1) is 11.3 Å². The molecule has 0 N–H and O–H groups in total. The van der Waals surface area contributed by atoms with Crippen molar-refractivity contribution in [1.82, 2.24) is 0 Å². The Bertz CT molecular complexity index is 1280. The number of hydrogen-bond acceptors (Lipinski definition) is 8. The van der Waals surface area contributed by atoms with Crippen LogP contribution in [0.1, 0.15) is 0 Å². The highest BCUT2D eigenvalue weighted by atomic mass is 35.5. The van der Waals surface area contributed by atoms with Gasteiger partial charge in [-0.3, -0.25) is 4.79 Å². The van der Waals surface area contributed by atoms with E-state index in [4.69, 9.17) is 25.8 Å². The zero-order chi connectivity index (χ0) is 21.4. The van der Waals surface area contributed by atoms with Crippen molar-refractivity contribution in [2.24, 2.45) is 0 Å². The lowest BCUT2D eigenvalue weighted by atomic mass is 10.1. The van der Waals surface area contributed by atoms with E-state index in [-0.39, 0.29) is 30.0 Å². The van der Waals surface area contributed by atoms with Crippen LogP contribution in [0.3, 0.4) is 0 Å². The Morgan fingerprint density at radius 1 is 1.03 bits per heavy atom. The number of rotatable bonds is 3. The quantitative estimate of drug-likeness (QED) is 0.451. The monoisotopic (exact) mass is 445 g/mol. The van der Waals surface area contributed by atoms with Gasteiger partial charge in [0.25, 0.3) is 0 Å². The Labute approximate surface area is 180 Å². The Hall–Kier alpha value is -2.94. The third kappa shape index (κ3) is 3.43. The number of hydrogen-bond donors (Lipinski definition) is 0. The lowest BCUT2D eigenvalue weighted by molar-refractivity contribution is -0.140. The number of anilines is 1. The van der Waals surface area contributed by atoms with Crippen LogP contribution in [0.4, 0.5) is 5.69 Å². The van der Waals surface area contributed by atoms with Gasteiger partial charge in [-0.25, -0.2) is 9.59 Å². The van der Waals surface area contributed by atoms with Gasteiger partial charge < -0.3 is 19.1 Å². The molecule has 1 aliphatic rings. The van der Waals surface area contributed by atoms with E-state index in [1.165, 1.54) is 30.5 Å². The topological polar surface area (TPSA) is 82.1 Å². The van der Waals surface area contributed by atoms with Crippen LogP contribution < -0.4 is 10.3 Å². The summed E-state index contributed by atoms with van der Waals surface area (Å²) in [6.45, 7) is -0.0767. The third-order valence-corrected chi connectivity index (χ3v) is 6.15. The van der Waals surface area contributed by atoms with Gasteiger partial charge in [0.15, 0.2) is 5.43 Å². The summed E-state index contributed by atoms with van der Waals surface area (Å²) < 4.78 is 16.8. The SMILES string of the molecule is COC(=O)C1=C(C(=O)OC)N(c2ccc3sc4ccc(Cl)cc4c(=O)c3c2)COC1. The van der Waals surface area contributed by atoms with Crippen LogP contribution in [0.15, 0.2) is 52.5 Å². The second kappa shape index (κ2) is 8.06. The van der Waals surface area contributed by atoms with Gasteiger partial charge >= 0.3 is 11.9 Å². The highest BCUT2D eigenvalue weighted by Crippen LogP contribution is 2.32. The van der Waals surface area contributed by atoms with Crippen LogP contribution in [-0.2, 0) is 23.8 Å². The van der Waals surface area contributed by atoms with Gasteiger partial charge in [0.05, 0.1) is 26.4 Å². The number of fused-ring (bicyclic) bond motifs is 2. The molecule has 3 aromatic rings. The van der Waals surface area contributed by atoms with E-state index < -0.39 is 11.9 Å². The van der Waals surface area contributed by atoms with Crippen molar-refractivity contribution >= 4 is 60.7 Å². The van der Waals surface area contributed by atoms with Crippen molar-refractivity contribution in [2.75, 3.05) is 32.5 Å². The summed E-state index contributed by atoms with van der Waals surface area (Å²) in [6, 6.07) is 10.4. The minimum atomic E-state index is -0.700. The molecule has 0 radical (unpaired) electrons. The van der Waals surface area contributed by atoms with E-state index in [9.17, 15) is 14.4 Å². The highest BCUT2D eigenvalue weighted by molar-refractivity contribution is 7.24. The van der Waals surface area contributed by atoms with Crippen molar-refractivity contribution in [3.63, 3.8) is 0 Å². The molecule has 1 aromatic heterocycles. The molecule has 7 nitrogen and oxygen atoms in total. The van der Waals surface area contributed by atoms with Crippen LogP contribution in [0, 0.1) is 0 Å². The summed E-state index contributed by atoms with van der Waals surface area (Å²) in [7, 11) is 2.45. The average molecular weight is 446 g/mol. The van der Waals surface area contributed by atoms with Gasteiger partial charge in [0.2, 0.25) is 0 Å². The number of esters is 2. The van der Waals surface area contributed by atoms with E-state index in [1.54, 1.807) is 30.3 Å². The number of carbonyl (C=O) groups excluding carboxylic acids is 2. The van der Waals surface area contributed by atoms with Gasteiger partial charge in [-0.05, 0) is 36.4 Å². The molecular weight excluding hydrogens is 430 g/mol. The molecule has 0 saturated heterocycles. The lowest BCUT2D eigenvalue weighted by Crippen LogP contribution is -2.38. The molecule has 0 unspecified atom stereocenters. The molecule has 0 fully saturated rings. The van der Waals surface area contributed by atoms with Crippen LogP contribution in [0.25, 0.3) is 20.2 Å². The molecule has 154 valence electrons. The van der Waals surface area contributed by atoms with E-state index >= 15 is 0 Å². The fourth-order valence-corrected chi connectivity index (χ4v) is 4.54. The predicted molar refractivity (Wildman–Crippen MR) is 115 cm³/mol. The Morgan fingerprint density at radius 3 is 2.40 bits per heavy atom. The molecule has 2 heterocycles. The first kappa shape index (κ1) is 20.3. The maximum absolute atomic E-state index is 13.1. The largest absolute Gasteiger partial charge is 0.466 e. The van der Waals surface area contributed by atoms with Crippen LogP contribution in [0.2, 0.25) is 5.02 Å². The van der Waals surface area contributed by atoms with Crippen molar-refractivity contribution in [2.45, 2.75) is 0 Å². The van der Waals surface area contributed by atoms with Gasteiger partial charge in [-0.1, -0.05) is 11.6 Å². The molecule has 0 spiro atoms. The number of nitrogens with zero attached hydrogens (tertiary/aromatic N) is 1. The molecule has 30 heavy (non-hydrogen) atoms. The third-order valence-electron chi connectivity index (χ3n) is 4.76. The molecule has 0 atom stereocenters. The van der Waals surface area contributed by atoms with E-state index in [0.717, 1.165) is 9.40 Å². The Balaban J connectivity index is 1.92. The van der Waals surface area contributed by atoms with Crippen molar-refractivity contribution < 1.29 is 23.8 Å². The van der Waals surface area contributed by atoms with Crippen LogP contribution in [0.5, 0.6) is 0 Å². The fourth-order valence-electron chi connectivity index (χ4n) is 3.33. The normalized spacial score (nSPS) is 14.3. The number of halogens is 1. The van der Waals surface area contributed by atoms with Crippen molar-refractivity contribution in [3.05, 3.63) is 62.9 Å². The highest BCUT2D eigenvalue weighted by Gasteiger charge is 2.32. The number of benzene rings is 2. The second-order valence-electron chi connectivity index (χ2n) is 6.47. The van der Waals surface area contributed by atoms with E-state index in [2.05, 4.69) is 0 Å². The van der Waals surface area contributed by atoms with Gasteiger partial charge in [0.1, 0.15) is 12.4 Å². The summed E-state index contributed by atoms with van der Waals surface area (Å²) in [5.74, 6) is -1.39. The van der Waals surface area contributed by atoms with E-state index in [1.807, 2.05) is 6.07 Å². The average Bonchev–Trinajstić information content (AvgIpc) is 2.78. The molecule has 0 aliphatic carbocycles. The number of ether oxygens (including phenoxy) is 3. The van der Waals surface area contributed by atoms with Crippen molar-refractivity contribution in [1.29, 1.82) is 0 Å². The first-order valence-electron chi connectivity index (χ1n) is 8.85. The lowest BCUT2D eigenvalue weighted by Gasteiger charge is -2.31. The Morgan fingerprint density at radius 2 is 1.70 bits per heavy atom. The zero-order valence-electron chi connectivity index (χ0n) is 16.1. The van der Waals surface area contributed by atoms with E-state index in [0.29, 0.717) is 21.5 Å². The molecule has 0 bridgehead atoms. The second-order valence-corrected chi connectivity index (χ2v) is 7.99. The summed E-state index contributed by atoms with van der Waals surface area (Å²) in [5.41, 5.74) is 0.411. The fraction of sp³-hybridized carbons (Fsp3) is 0.190. The molecule has 0 amide bonds. The van der Waals surface area contributed by atoms with Gasteiger partial charge in [-0.2, -0.15) is 0 Å². The molecule has 0 saturated carbocycles. The maximum atomic E-state index is 13.1. The molecule has 1 aliphatic heterocycles. The predicted octanol–water partition coefficient (Wildman–Crippen LogP) is 3.46. The Kier molecular flexibility index (Phi) is 5.46. The molecule has 2 aromatic carbocycles. The van der Waals surface area contributed by atoms with Gasteiger partial charge in [0, 0.05) is 30.9 Å². The number of carbonyl (C=O) groups is 2. The smallest absolute Gasteiger partial charge is 0.355 e. The number of methoxy groups -OCH3 is 2. The van der Waals surface area contributed by atoms with Crippen molar-refractivity contribution in [3.8, 4) is 0 Å². The molecular formula is C21H16ClNO6S. The minimum absolute atomic E-state index is 0.00740.